The van der Waals surface area contributed by atoms with Crippen molar-refractivity contribution in [1.29, 1.82) is 0 Å². The van der Waals surface area contributed by atoms with E-state index in [1.807, 2.05) is 33.8 Å². The third-order valence-corrected chi connectivity index (χ3v) is 8.00. The number of nitrogens with one attached hydrogen (secondary N) is 1. The molecule has 9 nitrogen and oxygen atoms in total. The fourth-order valence-electron chi connectivity index (χ4n) is 5.90. The predicted octanol–water partition coefficient (Wildman–Crippen LogP) is 4.00. The Hall–Kier alpha value is -3.60. The number of nitrogens with zero attached hydrogens (tertiary/aromatic N) is 6. The first kappa shape index (κ1) is 24.7. The summed E-state index contributed by atoms with van der Waals surface area (Å²) in [6.07, 6.45) is 5.48. The number of azo groups is 1. The molecule has 3 aromatic rings. The molecule has 1 aromatic carbocycles. The van der Waals surface area contributed by atoms with Crippen LogP contribution in [0.15, 0.2) is 59.2 Å². The minimum absolute atomic E-state index is 0.0630. The van der Waals surface area contributed by atoms with Gasteiger partial charge in [0, 0.05) is 62.8 Å². The van der Waals surface area contributed by atoms with Crippen LogP contribution in [0, 0.1) is 11.7 Å². The highest BCUT2D eigenvalue weighted by Gasteiger charge is 2.42. The van der Waals surface area contributed by atoms with Gasteiger partial charge in [0.15, 0.2) is 0 Å². The molecule has 2 fully saturated rings. The number of methoxy groups -OCH3 is 1. The number of alkyl halides is 1. The van der Waals surface area contributed by atoms with Crippen LogP contribution < -0.4 is 10.1 Å². The molecule has 0 bridgehead atoms. The van der Waals surface area contributed by atoms with Crippen molar-refractivity contribution in [3.8, 4) is 5.75 Å². The Kier molecular flexibility index (Phi) is 6.69. The third kappa shape index (κ3) is 4.70. The third-order valence-electron chi connectivity index (χ3n) is 8.00. The zero-order valence-corrected chi connectivity index (χ0v) is 21.2. The van der Waals surface area contributed by atoms with Crippen molar-refractivity contribution < 1.29 is 18.3 Å². The van der Waals surface area contributed by atoms with Crippen LogP contribution >= 0.6 is 0 Å². The first-order valence-electron chi connectivity index (χ1n) is 13.1. The zero-order valence-electron chi connectivity index (χ0n) is 21.2. The number of hydrogen-bond donors (Lipinski definition) is 1. The lowest BCUT2D eigenvalue weighted by Crippen LogP contribution is -2.58. The van der Waals surface area contributed by atoms with E-state index in [0.717, 1.165) is 11.2 Å². The number of fused-ring (bicyclic) bond motifs is 2. The minimum atomic E-state index is -1.17. The Morgan fingerprint density at radius 2 is 2.05 bits per heavy atom. The molecule has 0 spiro atoms. The van der Waals surface area contributed by atoms with Gasteiger partial charge in [-0.3, -0.25) is 4.90 Å². The highest BCUT2D eigenvalue weighted by Crippen LogP contribution is 2.40. The van der Waals surface area contributed by atoms with Gasteiger partial charge in [-0.1, -0.05) is 12.1 Å². The lowest BCUT2D eigenvalue weighted by Gasteiger charge is -2.39. The molecule has 2 saturated heterocycles. The SMILES string of the molecule is COc1cccc(F)c1CN1CCC(F)C(NC(=O)N2CCC3N=NC(c4ccc5nccn5c4)C3C2)C1. The van der Waals surface area contributed by atoms with Crippen LogP contribution in [0.25, 0.3) is 5.65 Å². The van der Waals surface area contributed by atoms with Gasteiger partial charge in [-0.15, -0.1) is 0 Å². The number of ether oxygens (including phenoxy) is 1. The van der Waals surface area contributed by atoms with Gasteiger partial charge in [-0.05, 0) is 36.6 Å². The largest absolute Gasteiger partial charge is 0.496 e. The number of amides is 2. The quantitative estimate of drug-likeness (QED) is 0.548. The molecule has 38 heavy (non-hydrogen) atoms. The van der Waals surface area contributed by atoms with Crippen LogP contribution in [0.1, 0.15) is 30.0 Å². The molecule has 5 heterocycles. The predicted molar refractivity (Wildman–Crippen MR) is 136 cm³/mol. The molecule has 2 amide bonds. The molecule has 0 saturated carbocycles. The Bertz CT molecular complexity index is 1350. The monoisotopic (exact) mass is 523 g/mol. The highest BCUT2D eigenvalue weighted by molar-refractivity contribution is 5.75. The fourth-order valence-corrected chi connectivity index (χ4v) is 5.90. The summed E-state index contributed by atoms with van der Waals surface area (Å²) in [4.78, 5) is 21.3. The van der Waals surface area contributed by atoms with Gasteiger partial charge >= 0.3 is 6.03 Å². The Balaban J connectivity index is 1.10. The normalized spacial score (nSPS) is 27.4. The molecule has 200 valence electrons. The number of carbonyl (C=O) groups excluding carboxylic acids is 1. The van der Waals surface area contributed by atoms with Crippen LogP contribution in [-0.4, -0.2) is 76.8 Å². The maximum absolute atomic E-state index is 14.9. The summed E-state index contributed by atoms with van der Waals surface area (Å²) in [6, 6.07) is 7.65. The van der Waals surface area contributed by atoms with E-state index in [4.69, 9.17) is 4.74 Å². The van der Waals surface area contributed by atoms with E-state index < -0.39 is 12.2 Å². The number of urea groups is 1. The standard InChI is InChI=1S/C27H31F2N7O2/c1-38-24-4-2-3-20(28)18(24)14-34-10-7-21(29)23(16-34)31-27(37)36-11-8-22-19(15-36)26(33-32-22)17-5-6-25-30-9-12-35(25)13-17/h2-6,9,12-13,19,21-23,26H,7-8,10-11,14-16H2,1H3,(H,31,37). The van der Waals surface area contributed by atoms with E-state index in [1.54, 1.807) is 23.2 Å². The van der Waals surface area contributed by atoms with Gasteiger partial charge in [0.25, 0.3) is 0 Å². The van der Waals surface area contributed by atoms with Crippen molar-refractivity contribution in [3.63, 3.8) is 0 Å². The molecule has 5 unspecified atom stereocenters. The molecular weight excluding hydrogens is 492 g/mol. The number of halogens is 2. The summed E-state index contributed by atoms with van der Waals surface area (Å²) in [6.45, 7) is 2.09. The first-order valence-corrected chi connectivity index (χ1v) is 13.1. The number of likely N-dealkylation sites (tertiary alicyclic amines) is 2. The van der Waals surface area contributed by atoms with Crippen LogP contribution in [-0.2, 0) is 6.54 Å². The number of piperidine rings is 2. The molecule has 3 aliphatic rings. The summed E-state index contributed by atoms with van der Waals surface area (Å²) in [7, 11) is 1.50. The number of rotatable bonds is 5. The molecular formula is C27H31F2N7O2. The summed E-state index contributed by atoms with van der Waals surface area (Å²) in [5.41, 5.74) is 2.33. The molecule has 0 aliphatic carbocycles. The molecule has 3 aliphatic heterocycles. The van der Waals surface area contributed by atoms with E-state index >= 15 is 0 Å². The van der Waals surface area contributed by atoms with Gasteiger partial charge < -0.3 is 19.4 Å². The van der Waals surface area contributed by atoms with Gasteiger partial charge in [-0.25, -0.2) is 18.6 Å². The van der Waals surface area contributed by atoms with Crippen LogP contribution in [0.5, 0.6) is 5.75 Å². The van der Waals surface area contributed by atoms with E-state index in [2.05, 4.69) is 20.5 Å². The van der Waals surface area contributed by atoms with Crippen LogP contribution in [0.3, 0.4) is 0 Å². The maximum Gasteiger partial charge on any atom is 0.317 e. The highest BCUT2D eigenvalue weighted by atomic mass is 19.1. The van der Waals surface area contributed by atoms with E-state index in [-0.39, 0.29) is 42.8 Å². The molecule has 1 N–H and O–H groups in total. The van der Waals surface area contributed by atoms with Crippen molar-refractivity contribution in [2.24, 2.45) is 16.1 Å². The van der Waals surface area contributed by atoms with Crippen LogP contribution in [0.2, 0.25) is 0 Å². The second-order valence-electron chi connectivity index (χ2n) is 10.3. The van der Waals surface area contributed by atoms with Crippen molar-refractivity contribution in [3.05, 3.63) is 65.9 Å². The Labute approximate surface area is 219 Å². The lowest BCUT2D eigenvalue weighted by molar-refractivity contribution is 0.0955. The molecule has 5 atom stereocenters. The smallest absolute Gasteiger partial charge is 0.317 e. The van der Waals surface area contributed by atoms with E-state index in [1.165, 1.54) is 13.2 Å². The van der Waals surface area contributed by atoms with Crippen molar-refractivity contribution in [2.45, 2.75) is 43.7 Å². The van der Waals surface area contributed by atoms with Gasteiger partial charge in [-0.2, -0.15) is 10.2 Å². The lowest BCUT2D eigenvalue weighted by atomic mass is 9.85. The summed E-state index contributed by atoms with van der Waals surface area (Å²) in [5.74, 6) is 0.169. The second kappa shape index (κ2) is 10.3. The average molecular weight is 524 g/mol. The van der Waals surface area contributed by atoms with Crippen molar-refractivity contribution in [1.82, 2.24) is 24.5 Å². The molecule has 6 rings (SSSR count). The van der Waals surface area contributed by atoms with Crippen molar-refractivity contribution >= 4 is 11.7 Å². The molecule has 11 heteroatoms. The van der Waals surface area contributed by atoms with Gasteiger partial charge in [0.2, 0.25) is 0 Å². The molecule has 2 aromatic heterocycles. The fraction of sp³-hybridized carbons (Fsp3) is 0.481. The number of imidazole rings is 1. The molecule has 0 radical (unpaired) electrons. The summed E-state index contributed by atoms with van der Waals surface area (Å²) in [5, 5.41) is 12.0. The topological polar surface area (TPSA) is 86.8 Å². The number of hydrogen-bond acceptors (Lipinski definition) is 6. The minimum Gasteiger partial charge on any atom is -0.496 e. The number of pyridine rings is 1. The van der Waals surface area contributed by atoms with Crippen molar-refractivity contribution in [2.75, 3.05) is 33.3 Å². The average Bonchev–Trinajstić information content (AvgIpc) is 3.57. The summed E-state index contributed by atoms with van der Waals surface area (Å²) < 4.78 is 36.7. The van der Waals surface area contributed by atoms with Gasteiger partial charge in [0.05, 0.1) is 19.2 Å². The second-order valence-corrected chi connectivity index (χ2v) is 10.3. The number of carbonyl (C=O) groups is 1. The van der Waals surface area contributed by atoms with E-state index in [9.17, 15) is 13.6 Å². The zero-order chi connectivity index (χ0) is 26.2. The summed E-state index contributed by atoms with van der Waals surface area (Å²) >= 11 is 0. The maximum atomic E-state index is 14.9. The Morgan fingerprint density at radius 1 is 1.16 bits per heavy atom. The van der Waals surface area contributed by atoms with Crippen LogP contribution in [0.4, 0.5) is 13.6 Å². The Morgan fingerprint density at radius 3 is 2.92 bits per heavy atom. The number of aromatic nitrogens is 2. The van der Waals surface area contributed by atoms with Gasteiger partial charge in [0.1, 0.15) is 29.4 Å². The number of benzene rings is 1. The first-order chi connectivity index (χ1) is 18.5. The van der Waals surface area contributed by atoms with E-state index in [0.29, 0.717) is 43.9 Å².